The average Bonchev–Trinajstić information content (AvgIpc) is 3.18. The van der Waals surface area contributed by atoms with Crippen molar-refractivity contribution < 1.29 is 9.90 Å². The first kappa shape index (κ1) is 19.2. The van der Waals surface area contributed by atoms with E-state index in [-0.39, 0.29) is 19.0 Å². The molecule has 0 radical (unpaired) electrons. The summed E-state index contributed by atoms with van der Waals surface area (Å²) in [6.45, 7) is 2.80. The number of carbonyl (C=O) groups is 1. The number of pyridine rings is 1. The number of amides is 1. The zero-order valence-electron chi connectivity index (χ0n) is 16.1. The fraction of sp³-hybridized carbons (Fsp3) is 0.333. The number of carbonyl (C=O) groups excluding carboxylic acids is 1. The maximum atomic E-state index is 13.0. The van der Waals surface area contributed by atoms with Gasteiger partial charge in [-0.1, -0.05) is 30.3 Å². The van der Waals surface area contributed by atoms with Crippen LogP contribution in [-0.4, -0.2) is 72.3 Å². The Hall–Kier alpha value is -3.10. The molecule has 1 aliphatic heterocycles. The summed E-state index contributed by atoms with van der Waals surface area (Å²) >= 11 is 0. The molecule has 1 saturated heterocycles. The molecule has 0 spiro atoms. The standard InChI is InChI=1S/C21H24N6O2/c28-20(19-7-4-8-22-11-19)26-10-9-25(12-18-5-2-1-3-6-18)13-21(29,14-26)15-27-17-23-16-24-27/h1-8,11,16-17,29H,9-10,12-15H2/t21-/m1/s1. The number of rotatable bonds is 5. The number of hydrogen-bond donors (Lipinski definition) is 1. The fourth-order valence-corrected chi connectivity index (χ4v) is 3.78. The van der Waals surface area contributed by atoms with Gasteiger partial charge in [-0.25, -0.2) is 9.67 Å². The van der Waals surface area contributed by atoms with Gasteiger partial charge in [-0.3, -0.25) is 14.7 Å². The Labute approximate surface area is 169 Å². The van der Waals surface area contributed by atoms with Gasteiger partial charge >= 0.3 is 0 Å². The van der Waals surface area contributed by atoms with Crippen molar-refractivity contribution in [3.05, 3.63) is 78.6 Å². The van der Waals surface area contributed by atoms with Crippen molar-refractivity contribution in [3.63, 3.8) is 0 Å². The first-order valence-electron chi connectivity index (χ1n) is 9.62. The first-order chi connectivity index (χ1) is 14.1. The second-order valence-corrected chi connectivity index (χ2v) is 7.48. The lowest BCUT2D eigenvalue weighted by Crippen LogP contribution is -2.51. The van der Waals surface area contributed by atoms with Crippen LogP contribution in [0.4, 0.5) is 0 Å². The van der Waals surface area contributed by atoms with Gasteiger partial charge in [0.1, 0.15) is 18.3 Å². The van der Waals surface area contributed by atoms with Gasteiger partial charge in [0, 0.05) is 38.6 Å². The Kier molecular flexibility index (Phi) is 5.64. The average molecular weight is 392 g/mol. The predicted octanol–water partition coefficient (Wildman–Crippen LogP) is 1.06. The quantitative estimate of drug-likeness (QED) is 0.699. The Morgan fingerprint density at radius 2 is 1.93 bits per heavy atom. The van der Waals surface area contributed by atoms with Crippen LogP contribution in [0.25, 0.3) is 0 Å². The van der Waals surface area contributed by atoms with Gasteiger partial charge in [0.15, 0.2) is 0 Å². The normalized spacial score (nSPS) is 20.4. The van der Waals surface area contributed by atoms with Crippen LogP contribution in [0, 0.1) is 0 Å². The molecule has 8 nitrogen and oxygen atoms in total. The van der Waals surface area contributed by atoms with Crippen LogP contribution in [-0.2, 0) is 13.1 Å². The highest BCUT2D eigenvalue weighted by atomic mass is 16.3. The molecule has 1 N–H and O–H groups in total. The Balaban J connectivity index is 1.57. The smallest absolute Gasteiger partial charge is 0.255 e. The molecule has 1 aliphatic rings. The summed E-state index contributed by atoms with van der Waals surface area (Å²) in [6, 6.07) is 13.6. The zero-order valence-corrected chi connectivity index (χ0v) is 16.1. The molecule has 4 rings (SSSR count). The van der Waals surface area contributed by atoms with E-state index in [9.17, 15) is 9.90 Å². The maximum Gasteiger partial charge on any atom is 0.255 e. The van der Waals surface area contributed by atoms with Crippen LogP contribution in [0.1, 0.15) is 15.9 Å². The van der Waals surface area contributed by atoms with E-state index >= 15 is 0 Å². The summed E-state index contributed by atoms with van der Waals surface area (Å²) in [4.78, 5) is 24.9. The molecule has 8 heteroatoms. The Morgan fingerprint density at radius 1 is 1.07 bits per heavy atom. The van der Waals surface area contributed by atoms with Gasteiger partial charge in [-0.15, -0.1) is 0 Å². The minimum atomic E-state index is -1.16. The van der Waals surface area contributed by atoms with Crippen molar-refractivity contribution in [1.29, 1.82) is 0 Å². The van der Waals surface area contributed by atoms with Crippen LogP contribution < -0.4 is 0 Å². The summed E-state index contributed by atoms with van der Waals surface area (Å²) in [5, 5.41) is 15.6. The van der Waals surface area contributed by atoms with Crippen LogP contribution in [0.15, 0.2) is 67.5 Å². The van der Waals surface area contributed by atoms with E-state index in [1.165, 1.54) is 11.9 Å². The van der Waals surface area contributed by atoms with Crippen LogP contribution >= 0.6 is 0 Å². The molecule has 0 aliphatic carbocycles. The topological polar surface area (TPSA) is 87.4 Å². The lowest BCUT2D eigenvalue weighted by molar-refractivity contribution is -0.0185. The number of aliphatic hydroxyl groups is 1. The van der Waals surface area contributed by atoms with Crippen molar-refractivity contribution >= 4 is 5.91 Å². The summed E-state index contributed by atoms with van der Waals surface area (Å²) < 4.78 is 1.61. The van der Waals surface area contributed by atoms with E-state index in [2.05, 4.69) is 32.1 Å². The van der Waals surface area contributed by atoms with Crippen LogP contribution in [0.5, 0.6) is 0 Å². The summed E-state index contributed by atoms with van der Waals surface area (Å²) in [6.07, 6.45) is 6.23. The van der Waals surface area contributed by atoms with Gasteiger partial charge in [0.25, 0.3) is 5.91 Å². The fourth-order valence-electron chi connectivity index (χ4n) is 3.78. The Morgan fingerprint density at radius 3 is 2.66 bits per heavy atom. The van der Waals surface area contributed by atoms with Gasteiger partial charge in [0.05, 0.1) is 18.7 Å². The van der Waals surface area contributed by atoms with Crippen molar-refractivity contribution in [2.24, 2.45) is 0 Å². The van der Waals surface area contributed by atoms with E-state index < -0.39 is 5.60 Å². The van der Waals surface area contributed by atoms with E-state index in [0.29, 0.717) is 31.7 Å². The number of benzene rings is 1. The molecule has 150 valence electrons. The van der Waals surface area contributed by atoms with Crippen molar-refractivity contribution in [2.75, 3.05) is 26.2 Å². The predicted molar refractivity (Wildman–Crippen MR) is 107 cm³/mol. The molecular formula is C21H24N6O2. The van der Waals surface area contributed by atoms with Crippen molar-refractivity contribution in [2.45, 2.75) is 18.7 Å². The summed E-state index contributed by atoms with van der Waals surface area (Å²) in [5.41, 5.74) is 0.534. The number of aromatic nitrogens is 4. The highest BCUT2D eigenvalue weighted by Gasteiger charge is 2.37. The number of hydrogen-bond acceptors (Lipinski definition) is 6. The van der Waals surface area contributed by atoms with Gasteiger partial charge in [-0.05, 0) is 17.7 Å². The third kappa shape index (κ3) is 4.85. The first-order valence-corrected chi connectivity index (χ1v) is 9.62. The molecule has 0 saturated carbocycles. The largest absolute Gasteiger partial charge is 0.385 e. The highest BCUT2D eigenvalue weighted by Crippen LogP contribution is 2.20. The molecular weight excluding hydrogens is 368 g/mol. The van der Waals surface area contributed by atoms with Crippen LogP contribution in [0.2, 0.25) is 0 Å². The third-order valence-corrected chi connectivity index (χ3v) is 5.06. The zero-order chi connectivity index (χ0) is 20.1. The molecule has 1 amide bonds. The van der Waals surface area contributed by atoms with Crippen LogP contribution in [0.3, 0.4) is 0 Å². The lowest BCUT2D eigenvalue weighted by atomic mass is 10.0. The van der Waals surface area contributed by atoms with E-state index in [1.54, 1.807) is 40.4 Å². The van der Waals surface area contributed by atoms with E-state index in [1.807, 2.05) is 18.2 Å². The Bertz CT molecular complexity index is 919. The van der Waals surface area contributed by atoms with Crippen molar-refractivity contribution in [3.8, 4) is 0 Å². The van der Waals surface area contributed by atoms with E-state index in [0.717, 1.165) is 0 Å². The number of β-amino-alcohol motifs (C(OH)–C–C–N with tert-alkyl or cyclic N) is 1. The monoisotopic (exact) mass is 392 g/mol. The molecule has 29 heavy (non-hydrogen) atoms. The summed E-state index contributed by atoms with van der Waals surface area (Å²) in [7, 11) is 0. The molecule has 3 aromatic rings. The molecule has 1 fully saturated rings. The second kappa shape index (κ2) is 8.50. The SMILES string of the molecule is O=C(c1cccnc1)N1CCN(Cc2ccccc2)C[C@](O)(Cn2cncn2)C1. The molecule has 2 aromatic heterocycles. The lowest BCUT2D eigenvalue weighted by Gasteiger charge is -2.33. The third-order valence-electron chi connectivity index (χ3n) is 5.06. The molecule has 0 bridgehead atoms. The summed E-state index contributed by atoms with van der Waals surface area (Å²) in [5.74, 6) is -0.128. The second-order valence-electron chi connectivity index (χ2n) is 7.48. The highest BCUT2D eigenvalue weighted by molar-refractivity contribution is 5.94. The molecule has 0 unspecified atom stereocenters. The van der Waals surface area contributed by atoms with Gasteiger partial charge < -0.3 is 10.0 Å². The minimum absolute atomic E-state index is 0.128. The minimum Gasteiger partial charge on any atom is -0.385 e. The number of nitrogens with zero attached hydrogens (tertiary/aromatic N) is 6. The maximum absolute atomic E-state index is 13.0. The molecule has 3 heterocycles. The van der Waals surface area contributed by atoms with Crippen molar-refractivity contribution in [1.82, 2.24) is 29.5 Å². The molecule has 1 aromatic carbocycles. The van der Waals surface area contributed by atoms with Gasteiger partial charge in [0.2, 0.25) is 0 Å². The van der Waals surface area contributed by atoms with Gasteiger partial charge in [-0.2, -0.15) is 5.10 Å². The van der Waals surface area contributed by atoms with E-state index in [4.69, 9.17) is 0 Å². The molecule has 1 atom stereocenters.